The summed E-state index contributed by atoms with van der Waals surface area (Å²) in [7, 11) is 0. The number of para-hydroxylation sites is 1. The second-order valence-electron chi connectivity index (χ2n) is 4.86. The molecule has 1 aliphatic rings. The molecule has 0 saturated carbocycles. The van der Waals surface area contributed by atoms with Crippen LogP contribution in [0.1, 0.15) is 12.0 Å². The van der Waals surface area contributed by atoms with Gasteiger partial charge in [-0.05, 0) is 24.6 Å². The Morgan fingerprint density at radius 1 is 1.18 bits per heavy atom. The van der Waals surface area contributed by atoms with Gasteiger partial charge in [-0.25, -0.2) is 0 Å². The zero-order valence-electron chi connectivity index (χ0n) is 11.9. The Morgan fingerprint density at radius 3 is 2.82 bits per heavy atom. The fourth-order valence-electron chi connectivity index (χ4n) is 2.25. The highest BCUT2D eigenvalue weighted by molar-refractivity contribution is 6.01. The predicted molar refractivity (Wildman–Crippen MR) is 83.6 cm³/mol. The lowest BCUT2D eigenvalue weighted by atomic mass is 10.1. The van der Waals surface area contributed by atoms with Crippen molar-refractivity contribution in [1.29, 1.82) is 0 Å². The second-order valence-corrected chi connectivity index (χ2v) is 4.86. The molecule has 0 fully saturated rings. The third-order valence-electron chi connectivity index (χ3n) is 3.30. The quantitative estimate of drug-likeness (QED) is 0.694. The summed E-state index contributed by atoms with van der Waals surface area (Å²) in [6, 6.07) is 13.7. The molecule has 6 heteroatoms. The van der Waals surface area contributed by atoms with Gasteiger partial charge in [-0.2, -0.15) is 0 Å². The van der Waals surface area contributed by atoms with Gasteiger partial charge < -0.3 is 10.1 Å². The van der Waals surface area contributed by atoms with Gasteiger partial charge in [0.05, 0.1) is 16.6 Å². The van der Waals surface area contributed by atoms with Crippen molar-refractivity contribution in [2.75, 3.05) is 13.1 Å². The maximum atomic E-state index is 10.8. The Labute approximate surface area is 127 Å². The van der Waals surface area contributed by atoms with Gasteiger partial charge in [0.25, 0.3) is 5.69 Å². The van der Waals surface area contributed by atoms with Crippen LogP contribution in [0.25, 0.3) is 0 Å². The number of hydrogen-bond acceptors (Lipinski definition) is 5. The van der Waals surface area contributed by atoms with Crippen molar-refractivity contribution in [1.82, 2.24) is 5.32 Å². The molecular formula is C16H15N3O3. The predicted octanol–water partition coefficient (Wildman–Crippen LogP) is 3.13. The van der Waals surface area contributed by atoms with Gasteiger partial charge in [-0.15, -0.1) is 0 Å². The first-order valence-corrected chi connectivity index (χ1v) is 7.04. The van der Waals surface area contributed by atoms with E-state index in [0.717, 1.165) is 30.9 Å². The molecule has 0 spiro atoms. The van der Waals surface area contributed by atoms with Crippen molar-refractivity contribution < 1.29 is 9.66 Å². The molecule has 0 amide bonds. The number of ether oxygens (including phenoxy) is 1. The molecule has 22 heavy (non-hydrogen) atoms. The number of non-ortho nitro benzene ring substituents is 1. The zero-order valence-corrected chi connectivity index (χ0v) is 11.9. The fourth-order valence-corrected chi connectivity index (χ4v) is 2.25. The molecule has 1 N–H and O–H groups in total. The van der Waals surface area contributed by atoms with E-state index in [2.05, 4.69) is 10.3 Å². The van der Waals surface area contributed by atoms with Crippen molar-refractivity contribution in [3.63, 3.8) is 0 Å². The largest absolute Gasteiger partial charge is 0.456 e. The number of nitro groups is 1. The summed E-state index contributed by atoms with van der Waals surface area (Å²) in [6.07, 6.45) is 1.01. The summed E-state index contributed by atoms with van der Waals surface area (Å²) >= 11 is 0. The Kier molecular flexibility index (Phi) is 4.00. The van der Waals surface area contributed by atoms with Crippen LogP contribution >= 0.6 is 0 Å². The molecule has 1 aliphatic heterocycles. The highest BCUT2D eigenvalue weighted by Gasteiger charge is 2.14. The lowest BCUT2D eigenvalue weighted by molar-refractivity contribution is -0.384. The number of nitrogens with zero attached hydrogens (tertiary/aromatic N) is 2. The molecule has 0 atom stereocenters. The third-order valence-corrected chi connectivity index (χ3v) is 3.30. The number of aliphatic imine (C=N–C) groups is 1. The lowest BCUT2D eigenvalue weighted by Gasteiger charge is -2.17. The van der Waals surface area contributed by atoms with Gasteiger partial charge in [0, 0.05) is 19.2 Å². The third kappa shape index (κ3) is 3.06. The van der Waals surface area contributed by atoms with Crippen LogP contribution < -0.4 is 10.1 Å². The number of benzene rings is 2. The average molecular weight is 297 g/mol. The number of hydrogen-bond donors (Lipinski definition) is 1. The fraction of sp³-hybridized carbons (Fsp3) is 0.188. The summed E-state index contributed by atoms with van der Waals surface area (Å²) < 4.78 is 5.83. The smallest absolute Gasteiger partial charge is 0.273 e. The molecule has 0 radical (unpaired) electrons. The monoisotopic (exact) mass is 297 g/mol. The summed E-state index contributed by atoms with van der Waals surface area (Å²) in [4.78, 5) is 14.9. The Balaban J connectivity index is 1.91. The van der Waals surface area contributed by atoms with Gasteiger partial charge in [0.1, 0.15) is 17.3 Å². The summed E-state index contributed by atoms with van der Waals surface area (Å²) in [5.74, 6) is 1.85. The maximum Gasteiger partial charge on any atom is 0.273 e. The van der Waals surface area contributed by atoms with Crippen molar-refractivity contribution in [3.05, 3.63) is 64.2 Å². The van der Waals surface area contributed by atoms with Crippen LogP contribution in [0, 0.1) is 10.1 Å². The highest BCUT2D eigenvalue weighted by Crippen LogP contribution is 2.28. The van der Waals surface area contributed by atoms with Crippen LogP contribution in [0.2, 0.25) is 0 Å². The summed E-state index contributed by atoms with van der Waals surface area (Å²) in [5, 5.41) is 14.1. The maximum absolute atomic E-state index is 10.8. The minimum absolute atomic E-state index is 0.00288. The van der Waals surface area contributed by atoms with Crippen LogP contribution in [-0.4, -0.2) is 23.8 Å². The molecular weight excluding hydrogens is 282 g/mol. The molecule has 1 heterocycles. The normalized spacial score (nSPS) is 13.9. The minimum Gasteiger partial charge on any atom is -0.456 e. The molecule has 0 unspecified atom stereocenters. The molecule has 0 saturated heterocycles. The van der Waals surface area contributed by atoms with E-state index in [0.29, 0.717) is 11.5 Å². The van der Waals surface area contributed by atoms with Gasteiger partial charge in [0.15, 0.2) is 0 Å². The van der Waals surface area contributed by atoms with Gasteiger partial charge >= 0.3 is 0 Å². The van der Waals surface area contributed by atoms with E-state index in [-0.39, 0.29) is 5.69 Å². The Bertz CT molecular complexity index is 728. The van der Waals surface area contributed by atoms with Crippen LogP contribution in [0.5, 0.6) is 11.5 Å². The van der Waals surface area contributed by atoms with E-state index in [1.807, 2.05) is 24.3 Å². The summed E-state index contributed by atoms with van der Waals surface area (Å²) in [5.41, 5.74) is 0.858. The van der Waals surface area contributed by atoms with Crippen LogP contribution in [0.3, 0.4) is 0 Å². The molecule has 112 valence electrons. The molecule has 6 nitrogen and oxygen atoms in total. The Morgan fingerprint density at radius 2 is 2.05 bits per heavy atom. The van der Waals surface area contributed by atoms with Gasteiger partial charge in [-0.1, -0.05) is 18.2 Å². The molecule has 2 aromatic carbocycles. The standard InChI is InChI=1S/C16H15N3O3/c20-19(21)12-5-3-6-13(11-12)22-15-8-2-1-7-14(15)16-17-9-4-10-18-16/h1-3,5-8,11H,4,9-10H2,(H,17,18). The second kappa shape index (κ2) is 6.26. The first-order valence-electron chi connectivity index (χ1n) is 7.04. The van der Waals surface area contributed by atoms with Gasteiger partial charge in [-0.3, -0.25) is 15.1 Å². The average Bonchev–Trinajstić information content (AvgIpc) is 2.56. The van der Waals surface area contributed by atoms with Crippen LogP contribution in [-0.2, 0) is 0 Å². The molecule has 0 aliphatic carbocycles. The van der Waals surface area contributed by atoms with Gasteiger partial charge in [0.2, 0.25) is 0 Å². The first kappa shape index (κ1) is 14.1. The van der Waals surface area contributed by atoms with E-state index in [9.17, 15) is 10.1 Å². The zero-order chi connectivity index (χ0) is 15.4. The lowest BCUT2D eigenvalue weighted by Crippen LogP contribution is -2.30. The number of amidine groups is 1. The van der Waals surface area contributed by atoms with E-state index in [1.165, 1.54) is 12.1 Å². The van der Waals surface area contributed by atoms with E-state index >= 15 is 0 Å². The van der Waals surface area contributed by atoms with Crippen molar-refractivity contribution in [2.45, 2.75) is 6.42 Å². The summed E-state index contributed by atoms with van der Waals surface area (Å²) in [6.45, 7) is 1.66. The Hall–Kier alpha value is -2.89. The number of nitrogens with one attached hydrogen (secondary N) is 1. The first-order chi connectivity index (χ1) is 10.7. The topological polar surface area (TPSA) is 76.8 Å². The highest BCUT2D eigenvalue weighted by atomic mass is 16.6. The van der Waals surface area contributed by atoms with Crippen molar-refractivity contribution >= 4 is 11.5 Å². The van der Waals surface area contributed by atoms with Crippen molar-refractivity contribution in [2.24, 2.45) is 4.99 Å². The van der Waals surface area contributed by atoms with E-state index < -0.39 is 4.92 Å². The molecule has 3 rings (SSSR count). The number of nitro benzene ring substituents is 1. The van der Waals surface area contributed by atoms with E-state index in [4.69, 9.17) is 4.74 Å². The SMILES string of the molecule is O=[N+]([O-])c1cccc(Oc2ccccc2C2=NCCCN2)c1. The molecule has 0 aromatic heterocycles. The van der Waals surface area contributed by atoms with E-state index in [1.54, 1.807) is 12.1 Å². The molecule has 0 bridgehead atoms. The molecule has 2 aromatic rings. The van der Waals surface area contributed by atoms with Crippen LogP contribution in [0.4, 0.5) is 5.69 Å². The minimum atomic E-state index is -0.439. The van der Waals surface area contributed by atoms with Crippen molar-refractivity contribution in [3.8, 4) is 11.5 Å². The number of rotatable bonds is 4. The van der Waals surface area contributed by atoms with Crippen LogP contribution in [0.15, 0.2) is 53.5 Å².